The number of aromatic nitrogens is 2. The fourth-order valence-corrected chi connectivity index (χ4v) is 7.74. The lowest BCUT2D eigenvalue weighted by molar-refractivity contribution is 1.29. The second-order valence-corrected chi connectivity index (χ2v) is 12.9. The zero-order valence-corrected chi connectivity index (χ0v) is 27.2. The van der Waals surface area contributed by atoms with Crippen molar-refractivity contribution in [2.45, 2.75) is 0 Å². The highest BCUT2D eigenvalue weighted by Gasteiger charge is 2.22. The Morgan fingerprint density at radius 3 is 0.920 bits per heavy atom. The topological polar surface area (TPSA) is 25.8 Å². The monoisotopic (exact) mass is 634 g/mol. The summed E-state index contributed by atoms with van der Waals surface area (Å²) in [6.45, 7) is 0. The van der Waals surface area contributed by atoms with E-state index in [9.17, 15) is 0 Å². The molecular weight excluding hydrogens is 605 g/mol. The van der Waals surface area contributed by atoms with E-state index in [1.807, 2.05) is 0 Å². The van der Waals surface area contributed by atoms with Crippen LogP contribution in [-0.4, -0.2) is 9.97 Å². The van der Waals surface area contributed by atoms with Gasteiger partial charge in [-0.15, -0.1) is 0 Å². The number of fused-ring (bicyclic) bond motifs is 5. The van der Waals surface area contributed by atoms with E-state index in [0.717, 1.165) is 44.7 Å². The van der Waals surface area contributed by atoms with E-state index in [-0.39, 0.29) is 0 Å². The lowest BCUT2D eigenvalue weighted by atomic mass is 9.87. The molecule has 0 saturated carbocycles. The summed E-state index contributed by atoms with van der Waals surface area (Å²) >= 11 is 0. The van der Waals surface area contributed by atoms with Gasteiger partial charge in [-0.25, -0.2) is 9.97 Å². The number of hydrogen-bond donors (Lipinski definition) is 0. The Balaban J connectivity index is 1.42. The summed E-state index contributed by atoms with van der Waals surface area (Å²) in [5.74, 6) is 0. The first-order valence-corrected chi connectivity index (χ1v) is 17.1. The van der Waals surface area contributed by atoms with Crippen LogP contribution in [-0.2, 0) is 0 Å². The fourth-order valence-electron chi connectivity index (χ4n) is 7.74. The Hall–Kier alpha value is -6.64. The highest BCUT2D eigenvalue weighted by Crippen LogP contribution is 2.45. The second kappa shape index (κ2) is 11.5. The predicted octanol–water partition coefficient (Wildman–Crippen LogP) is 12.9. The third-order valence-electron chi connectivity index (χ3n) is 10.00. The third kappa shape index (κ3) is 4.50. The van der Waals surface area contributed by atoms with Gasteiger partial charge in [0.15, 0.2) is 0 Å². The molecule has 1 heterocycles. The first-order chi connectivity index (χ1) is 24.8. The minimum absolute atomic E-state index is 0.870. The summed E-state index contributed by atoms with van der Waals surface area (Å²) in [4.78, 5) is 11.4. The zero-order valence-electron chi connectivity index (χ0n) is 27.2. The molecule has 0 spiro atoms. The van der Waals surface area contributed by atoms with Gasteiger partial charge in [-0.1, -0.05) is 170 Å². The maximum Gasteiger partial charge on any atom is 0.0980 e. The lowest BCUT2D eigenvalue weighted by Gasteiger charge is -2.19. The molecule has 0 N–H and O–H groups in total. The van der Waals surface area contributed by atoms with Crippen molar-refractivity contribution in [1.82, 2.24) is 9.97 Å². The van der Waals surface area contributed by atoms with E-state index >= 15 is 0 Å². The van der Waals surface area contributed by atoms with Gasteiger partial charge in [0.1, 0.15) is 0 Å². The van der Waals surface area contributed by atoms with Crippen molar-refractivity contribution in [3.05, 3.63) is 182 Å². The Kier molecular flexibility index (Phi) is 6.53. The maximum atomic E-state index is 5.70. The molecule has 0 radical (unpaired) electrons. The average molecular weight is 635 g/mol. The summed E-state index contributed by atoms with van der Waals surface area (Å²) in [7, 11) is 0. The lowest BCUT2D eigenvalue weighted by Crippen LogP contribution is -2.00. The van der Waals surface area contributed by atoms with E-state index in [0.29, 0.717) is 0 Å². The molecule has 0 aliphatic rings. The van der Waals surface area contributed by atoms with Crippen LogP contribution in [0.2, 0.25) is 0 Å². The van der Waals surface area contributed by atoms with Gasteiger partial charge >= 0.3 is 0 Å². The molecule has 0 unspecified atom stereocenters. The van der Waals surface area contributed by atoms with Crippen molar-refractivity contribution in [2.24, 2.45) is 0 Å². The Bertz CT molecular complexity index is 2600. The van der Waals surface area contributed by atoms with E-state index in [1.165, 1.54) is 54.2 Å². The van der Waals surface area contributed by atoms with Crippen LogP contribution in [0.1, 0.15) is 0 Å². The quantitative estimate of drug-likeness (QED) is 0.180. The van der Waals surface area contributed by atoms with Crippen LogP contribution >= 0.6 is 0 Å². The summed E-state index contributed by atoms with van der Waals surface area (Å²) in [6, 6.07) is 64.9. The molecule has 0 saturated heterocycles. The SMILES string of the molecule is c1ccc(-c2nc3c(-c4c5ccccc5cc5ccccc45)ccc(-c4c5ccccc5cc5ccccc45)c3nc2-c2ccccc2)cc1. The first-order valence-electron chi connectivity index (χ1n) is 17.1. The summed E-state index contributed by atoms with van der Waals surface area (Å²) in [5.41, 5.74) is 10.1. The molecule has 10 aromatic rings. The summed E-state index contributed by atoms with van der Waals surface area (Å²) in [6.07, 6.45) is 0. The van der Waals surface area contributed by atoms with Crippen molar-refractivity contribution in [2.75, 3.05) is 0 Å². The molecule has 50 heavy (non-hydrogen) atoms. The van der Waals surface area contributed by atoms with Crippen LogP contribution in [0.5, 0.6) is 0 Å². The second-order valence-electron chi connectivity index (χ2n) is 12.9. The number of nitrogens with zero attached hydrogens (tertiary/aromatic N) is 2. The standard InChI is InChI=1S/C48H30N2/c1-3-15-31(16-4-1)45-46(32-17-5-2-6-18-32)50-48-42(44-39-25-13-9-21-35(39)30-36-22-10-14-26-40(36)44)28-27-41(47(48)49-45)43-37-23-11-7-19-33(37)29-34-20-8-12-24-38(34)43/h1-30H. The molecule has 2 heteroatoms. The van der Waals surface area contributed by atoms with Gasteiger partial charge in [-0.05, 0) is 66.3 Å². The van der Waals surface area contributed by atoms with E-state index < -0.39 is 0 Å². The first kappa shape index (κ1) is 28.4. The molecule has 9 aromatic carbocycles. The molecule has 232 valence electrons. The zero-order chi connectivity index (χ0) is 33.0. The molecule has 1 aromatic heterocycles. The Morgan fingerprint density at radius 1 is 0.280 bits per heavy atom. The molecular formula is C48H30N2. The fraction of sp³-hybridized carbons (Fsp3) is 0. The molecule has 0 amide bonds. The van der Waals surface area contributed by atoms with Crippen LogP contribution in [0.4, 0.5) is 0 Å². The van der Waals surface area contributed by atoms with Gasteiger partial charge in [-0.3, -0.25) is 0 Å². The highest BCUT2D eigenvalue weighted by molar-refractivity contribution is 6.20. The molecule has 0 aliphatic heterocycles. The van der Waals surface area contributed by atoms with Gasteiger partial charge in [0.2, 0.25) is 0 Å². The van der Waals surface area contributed by atoms with Gasteiger partial charge in [0, 0.05) is 22.3 Å². The average Bonchev–Trinajstić information content (AvgIpc) is 3.19. The van der Waals surface area contributed by atoms with Crippen molar-refractivity contribution in [3.8, 4) is 44.8 Å². The van der Waals surface area contributed by atoms with Crippen molar-refractivity contribution in [1.29, 1.82) is 0 Å². The van der Waals surface area contributed by atoms with Gasteiger partial charge in [0.25, 0.3) is 0 Å². The van der Waals surface area contributed by atoms with Gasteiger partial charge < -0.3 is 0 Å². The molecule has 0 atom stereocenters. The summed E-state index contributed by atoms with van der Waals surface area (Å²) < 4.78 is 0. The van der Waals surface area contributed by atoms with Crippen molar-refractivity contribution >= 4 is 54.1 Å². The van der Waals surface area contributed by atoms with Gasteiger partial charge in [0.05, 0.1) is 22.4 Å². The van der Waals surface area contributed by atoms with E-state index in [1.54, 1.807) is 0 Å². The van der Waals surface area contributed by atoms with Crippen LogP contribution < -0.4 is 0 Å². The van der Waals surface area contributed by atoms with Crippen LogP contribution in [0, 0.1) is 0 Å². The minimum Gasteiger partial charge on any atom is -0.243 e. The molecule has 2 nitrogen and oxygen atoms in total. The highest BCUT2D eigenvalue weighted by atomic mass is 14.8. The van der Waals surface area contributed by atoms with Crippen molar-refractivity contribution < 1.29 is 0 Å². The van der Waals surface area contributed by atoms with E-state index in [2.05, 4.69) is 182 Å². The molecule has 0 aliphatic carbocycles. The number of hydrogen-bond acceptors (Lipinski definition) is 2. The molecule has 0 fully saturated rings. The number of benzene rings is 9. The largest absolute Gasteiger partial charge is 0.243 e. The van der Waals surface area contributed by atoms with E-state index in [4.69, 9.17) is 9.97 Å². The predicted molar refractivity (Wildman–Crippen MR) is 211 cm³/mol. The van der Waals surface area contributed by atoms with Gasteiger partial charge in [-0.2, -0.15) is 0 Å². The van der Waals surface area contributed by atoms with Crippen LogP contribution in [0.25, 0.3) is 98.9 Å². The Morgan fingerprint density at radius 2 is 0.580 bits per heavy atom. The normalized spacial score (nSPS) is 11.6. The molecule has 10 rings (SSSR count). The van der Waals surface area contributed by atoms with Crippen molar-refractivity contribution in [3.63, 3.8) is 0 Å². The minimum atomic E-state index is 0.870. The number of rotatable bonds is 4. The Labute approximate surface area is 290 Å². The van der Waals surface area contributed by atoms with Crippen LogP contribution in [0.3, 0.4) is 0 Å². The molecule has 0 bridgehead atoms. The smallest absolute Gasteiger partial charge is 0.0980 e. The third-order valence-corrected chi connectivity index (χ3v) is 10.00. The maximum absolute atomic E-state index is 5.70. The van der Waals surface area contributed by atoms with Crippen LogP contribution in [0.15, 0.2) is 182 Å². The summed E-state index contributed by atoms with van der Waals surface area (Å²) in [5, 5.41) is 9.62.